The molecule has 1 fully saturated rings. The number of piperidine rings is 1. The molecule has 1 aliphatic heterocycles. The summed E-state index contributed by atoms with van der Waals surface area (Å²) >= 11 is 0. The lowest BCUT2D eigenvalue weighted by Gasteiger charge is -2.37. The van der Waals surface area contributed by atoms with Gasteiger partial charge in [0.05, 0.1) is 0 Å². The van der Waals surface area contributed by atoms with E-state index in [9.17, 15) is 9.59 Å². The molecule has 1 unspecified atom stereocenters. The van der Waals surface area contributed by atoms with Gasteiger partial charge in [-0.05, 0) is 38.5 Å². The smallest absolute Gasteiger partial charge is 0.303 e. The number of likely N-dealkylation sites (tertiary alicyclic amines) is 1. The van der Waals surface area contributed by atoms with E-state index in [1.54, 1.807) is 0 Å². The van der Waals surface area contributed by atoms with Crippen LogP contribution in [0.15, 0.2) is 12.2 Å². The van der Waals surface area contributed by atoms with E-state index in [0.29, 0.717) is 6.42 Å². The SMILES string of the molecule is O=C(O)CCC1CCCCN1C(=O)C1CC=CC1. The number of carboxylic acid groups (broad SMARTS) is 1. The topological polar surface area (TPSA) is 57.6 Å². The fourth-order valence-electron chi connectivity index (χ4n) is 2.93. The van der Waals surface area contributed by atoms with Crippen molar-refractivity contribution in [3.63, 3.8) is 0 Å². The van der Waals surface area contributed by atoms with Crippen LogP contribution < -0.4 is 0 Å². The van der Waals surface area contributed by atoms with Crippen molar-refractivity contribution in [3.8, 4) is 0 Å². The predicted octanol–water partition coefficient (Wildman–Crippen LogP) is 2.20. The maximum absolute atomic E-state index is 12.4. The third-order valence-corrected chi connectivity index (χ3v) is 3.96. The molecule has 1 saturated heterocycles. The van der Waals surface area contributed by atoms with E-state index in [1.165, 1.54) is 0 Å². The van der Waals surface area contributed by atoms with Gasteiger partial charge in [0, 0.05) is 24.9 Å². The van der Waals surface area contributed by atoms with E-state index in [1.807, 2.05) is 4.90 Å². The monoisotopic (exact) mass is 251 g/mol. The Bertz CT molecular complexity index is 343. The lowest BCUT2D eigenvalue weighted by atomic mass is 9.95. The van der Waals surface area contributed by atoms with Gasteiger partial charge in [-0.3, -0.25) is 9.59 Å². The second kappa shape index (κ2) is 6.03. The summed E-state index contributed by atoms with van der Waals surface area (Å²) in [5, 5.41) is 8.77. The minimum atomic E-state index is -0.768. The average Bonchev–Trinajstić information content (AvgIpc) is 2.89. The van der Waals surface area contributed by atoms with Crippen LogP contribution in [-0.4, -0.2) is 34.5 Å². The van der Waals surface area contributed by atoms with E-state index in [0.717, 1.165) is 38.6 Å². The van der Waals surface area contributed by atoms with Crippen LogP contribution in [0, 0.1) is 5.92 Å². The van der Waals surface area contributed by atoms with Crippen LogP contribution in [0.3, 0.4) is 0 Å². The van der Waals surface area contributed by atoms with Gasteiger partial charge in [-0.1, -0.05) is 12.2 Å². The molecule has 1 heterocycles. The van der Waals surface area contributed by atoms with Crippen LogP contribution >= 0.6 is 0 Å². The van der Waals surface area contributed by atoms with Crippen LogP contribution in [0.1, 0.15) is 44.9 Å². The Morgan fingerprint density at radius 2 is 1.94 bits per heavy atom. The Morgan fingerprint density at radius 1 is 1.22 bits per heavy atom. The highest BCUT2D eigenvalue weighted by Crippen LogP contribution is 2.27. The highest BCUT2D eigenvalue weighted by Gasteiger charge is 2.31. The summed E-state index contributed by atoms with van der Waals surface area (Å²) in [5.41, 5.74) is 0. The molecule has 0 spiro atoms. The molecule has 0 aromatic rings. The summed E-state index contributed by atoms with van der Waals surface area (Å²) in [5.74, 6) is -0.430. The zero-order valence-corrected chi connectivity index (χ0v) is 10.7. The summed E-state index contributed by atoms with van der Waals surface area (Å²) in [6.07, 6.45) is 9.71. The van der Waals surface area contributed by atoms with Gasteiger partial charge in [0.2, 0.25) is 5.91 Å². The van der Waals surface area contributed by atoms with Gasteiger partial charge < -0.3 is 10.0 Å². The second-order valence-electron chi connectivity index (χ2n) is 5.25. The number of aliphatic carboxylic acids is 1. The summed E-state index contributed by atoms with van der Waals surface area (Å²) in [4.78, 5) is 25.0. The number of amides is 1. The van der Waals surface area contributed by atoms with Gasteiger partial charge in [-0.25, -0.2) is 0 Å². The Hall–Kier alpha value is -1.32. The summed E-state index contributed by atoms with van der Waals surface area (Å²) in [6, 6.07) is 0.142. The van der Waals surface area contributed by atoms with Gasteiger partial charge in [0.25, 0.3) is 0 Å². The molecule has 100 valence electrons. The number of carbonyl (C=O) groups is 2. The molecule has 0 aromatic heterocycles. The van der Waals surface area contributed by atoms with E-state index < -0.39 is 5.97 Å². The minimum absolute atomic E-state index is 0.107. The van der Waals surface area contributed by atoms with Gasteiger partial charge in [0.15, 0.2) is 0 Å². The molecular weight excluding hydrogens is 230 g/mol. The first-order chi connectivity index (χ1) is 8.68. The summed E-state index contributed by atoms with van der Waals surface area (Å²) in [7, 11) is 0. The molecular formula is C14H21NO3. The van der Waals surface area contributed by atoms with Gasteiger partial charge >= 0.3 is 5.97 Å². The highest BCUT2D eigenvalue weighted by molar-refractivity contribution is 5.80. The molecule has 1 atom stereocenters. The number of carboxylic acids is 1. The van der Waals surface area contributed by atoms with E-state index in [-0.39, 0.29) is 24.3 Å². The normalized spacial score (nSPS) is 24.4. The lowest BCUT2D eigenvalue weighted by Crippen LogP contribution is -2.46. The lowest BCUT2D eigenvalue weighted by molar-refractivity contribution is -0.142. The fourth-order valence-corrected chi connectivity index (χ4v) is 2.93. The van der Waals surface area contributed by atoms with Crippen LogP contribution in [0.5, 0.6) is 0 Å². The van der Waals surface area contributed by atoms with Crippen molar-refractivity contribution in [2.24, 2.45) is 5.92 Å². The number of allylic oxidation sites excluding steroid dienone is 2. The summed E-state index contributed by atoms with van der Waals surface area (Å²) in [6.45, 7) is 0.805. The Morgan fingerprint density at radius 3 is 2.61 bits per heavy atom. The van der Waals surface area contributed by atoms with Gasteiger partial charge in [0.1, 0.15) is 0 Å². The summed E-state index contributed by atoms with van der Waals surface area (Å²) < 4.78 is 0. The molecule has 0 bridgehead atoms. The van der Waals surface area contributed by atoms with Crippen LogP contribution in [0.4, 0.5) is 0 Å². The van der Waals surface area contributed by atoms with E-state index in [2.05, 4.69) is 12.2 Å². The predicted molar refractivity (Wildman–Crippen MR) is 68.1 cm³/mol. The van der Waals surface area contributed by atoms with Crippen molar-refractivity contribution in [2.75, 3.05) is 6.54 Å². The minimum Gasteiger partial charge on any atom is -0.481 e. The Labute approximate surface area is 108 Å². The first kappa shape index (κ1) is 13.1. The number of carbonyl (C=O) groups excluding carboxylic acids is 1. The van der Waals surface area contributed by atoms with Crippen molar-refractivity contribution < 1.29 is 14.7 Å². The number of hydrogen-bond acceptors (Lipinski definition) is 2. The van der Waals surface area contributed by atoms with Crippen molar-refractivity contribution >= 4 is 11.9 Å². The molecule has 4 heteroatoms. The van der Waals surface area contributed by atoms with Gasteiger partial charge in [-0.2, -0.15) is 0 Å². The number of nitrogens with zero attached hydrogens (tertiary/aromatic N) is 1. The Balaban J connectivity index is 1.93. The van der Waals surface area contributed by atoms with Crippen molar-refractivity contribution in [2.45, 2.75) is 51.0 Å². The molecule has 1 amide bonds. The molecule has 1 aliphatic carbocycles. The van der Waals surface area contributed by atoms with E-state index in [4.69, 9.17) is 5.11 Å². The number of hydrogen-bond donors (Lipinski definition) is 1. The largest absolute Gasteiger partial charge is 0.481 e. The van der Waals surface area contributed by atoms with Gasteiger partial charge in [-0.15, -0.1) is 0 Å². The molecule has 0 aromatic carbocycles. The third-order valence-electron chi connectivity index (χ3n) is 3.96. The van der Waals surface area contributed by atoms with Crippen molar-refractivity contribution in [1.29, 1.82) is 0 Å². The molecule has 2 rings (SSSR count). The second-order valence-corrected chi connectivity index (χ2v) is 5.25. The number of rotatable bonds is 4. The molecule has 18 heavy (non-hydrogen) atoms. The average molecular weight is 251 g/mol. The van der Waals surface area contributed by atoms with Crippen molar-refractivity contribution in [1.82, 2.24) is 4.90 Å². The maximum Gasteiger partial charge on any atom is 0.303 e. The molecule has 1 N–H and O–H groups in total. The molecule has 0 saturated carbocycles. The van der Waals surface area contributed by atoms with Crippen LogP contribution in [-0.2, 0) is 9.59 Å². The Kier molecular flexibility index (Phi) is 4.39. The van der Waals surface area contributed by atoms with Crippen LogP contribution in [0.25, 0.3) is 0 Å². The zero-order valence-electron chi connectivity index (χ0n) is 10.7. The maximum atomic E-state index is 12.4. The zero-order chi connectivity index (χ0) is 13.0. The van der Waals surface area contributed by atoms with E-state index >= 15 is 0 Å². The standard InChI is InChI=1S/C14H21NO3/c16-13(17)9-8-12-7-3-4-10-15(12)14(18)11-5-1-2-6-11/h1-2,11-12H,3-10H2,(H,16,17). The van der Waals surface area contributed by atoms with Crippen molar-refractivity contribution in [3.05, 3.63) is 12.2 Å². The first-order valence-electron chi connectivity index (χ1n) is 6.85. The van der Waals surface area contributed by atoms with Crippen LogP contribution in [0.2, 0.25) is 0 Å². The highest BCUT2D eigenvalue weighted by atomic mass is 16.4. The third kappa shape index (κ3) is 3.12. The quantitative estimate of drug-likeness (QED) is 0.779. The fraction of sp³-hybridized carbons (Fsp3) is 0.714. The first-order valence-corrected chi connectivity index (χ1v) is 6.85. The molecule has 2 aliphatic rings. The molecule has 4 nitrogen and oxygen atoms in total. The molecule has 0 radical (unpaired) electrons.